The summed E-state index contributed by atoms with van der Waals surface area (Å²) in [6, 6.07) is 12.6. The van der Waals surface area contributed by atoms with Crippen LogP contribution in [0.5, 0.6) is 5.88 Å². The molecule has 1 saturated heterocycles. The van der Waals surface area contributed by atoms with E-state index in [9.17, 15) is 0 Å². The zero-order valence-corrected chi connectivity index (χ0v) is 18.0. The number of nitrogens with two attached hydrogens (primary N) is 2. The third kappa shape index (κ3) is 4.86. The molecule has 1 aromatic carbocycles. The number of nitrogen functional groups attached to an aromatic ring is 2. The van der Waals surface area contributed by atoms with Crippen LogP contribution in [-0.4, -0.2) is 52.6 Å². The number of nitrogens with zero attached hydrogens (tertiary/aromatic N) is 5. The van der Waals surface area contributed by atoms with Gasteiger partial charge in [-0.25, -0.2) is 15.0 Å². The van der Waals surface area contributed by atoms with Crippen LogP contribution in [-0.2, 0) is 6.61 Å². The van der Waals surface area contributed by atoms with Gasteiger partial charge in [-0.05, 0) is 43.3 Å². The van der Waals surface area contributed by atoms with Crippen LogP contribution in [0.3, 0.4) is 0 Å². The Morgan fingerprint density at radius 3 is 2.65 bits per heavy atom. The molecule has 3 heterocycles. The van der Waals surface area contributed by atoms with E-state index in [1.807, 2.05) is 6.07 Å². The van der Waals surface area contributed by atoms with Gasteiger partial charge in [0.25, 0.3) is 5.88 Å². The molecule has 0 radical (unpaired) electrons. The van der Waals surface area contributed by atoms with Gasteiger partial charge in [-0.2, -0.15) is 0 Å². The Balaban J connectivity index is 1.47. The Hall–Kier alpha value is -3.39. The molecule has 1 aliphatic rings. The molecule has 4 N–H and O–H groups in total. The average Bonchev–Trinajstić information content (AvgIpc) is 2.79. The molecule has 1 aliphatic heterocycles. The lowest BCUT2D eigenvalue weighted by Gasteiger charge is -2.40. The molecule has 162 valence electrons. The first-order valence-electron chi connectivity index (χ1n) is 10.5. The van der Waals surface area contributed by atoms with Gasteiger partial charge in [0.2, 0.25) is 0 Å². The summed E-state index contributed by atoms with van der Waals surface area (Å²) in [5.74, 6) is 1.01. The van der Waals surface area contributed by atoms with Crippen LogP contribution in [0.15, 0.2) is 48.8 Å². The molecule has 31 heavy (non-hydrogen) atoms. The van der Waals surface area contributed by atoms with Crippen molar-refractivity contribution in [3.63, 3.8) is 0 Å². The fourth-order valence-electron chi connectivity index (χ4n) is 3.83. The highest BCUT2D eigenvalue weighted by Gasteiger charge is 2.23. The smallest absolute Gasteiger partial charge is 0.258 e. The second kappa shape index (κ2) is 9.18. The topological polar surface area (TPSA) is 106 Å². The standard InChI is InChI=1S/C23H29N7O/c1-3-18-14-30(11-10-29(18)2)19-6-4-17(5-7-19)20-13-27-22(25)23(28-20)31-15-16-8-9-26-21(24)12-16/h4-9,12-13,18H,3,10-11,14-15H2,1-2H3,(H2,24,26)(H2,25,27). The summed E-state index contributed by atoms with van der Waals surface area (Å²) < 4.78 is 5.80. The molecule has 0 spiro atoms. The van der Waals surface area contributed by atoms with Gasteiger partial charge < -0.3 is 21.1 Å². The fourth-order valence-corrected chi connectivity index (χ4v) is 3.83. The summed E-state index contributed by atoms with van der Waals surface area (Å²) in [5.41, 5.74) is 15.5. The van der Waals surface area contributed by atoms with Crippen molar-refractivity contribution in [2.45, 2.75) is 26.0 Å². The van der Waals surface area contributed by atoms with Gasteiger partial charge in [-0.15, -0.1) is 0 Å². The highest BCUT2D eigenvalue weighted by molar-refractivity contribution is 5.64. The Labute approximate surface area is 182 Å². The van der Waals surface area contributed by atoms with Gasteiger partial charge in [0, 0.05) is 43.1 Å². The number of hydrogen-bond acceptors (Lipinski definition) is 8. The van der Waals surface area contributed by atoms with Crippen LogP contribution in [0.2, 0.25) is 0 Å². The van der Waals surface area contributed by atoms with Crippen molar-refractivity contribution in [2.75, 3.05) is 43.0 Å². The summed E-state index contributed by atoms with van der Waals surface area (Å²) in [5, 5.41) is 0. The lowest BCUT2D eigenvalue weighted by atomic mass is 10.1. The highest BCUT2D eigenvalue weighted by Crippen LogP contribution is 2.27. The van der Waals surface area contributed by atoms with Crippen LogP contribution >= 0.6 is 0 Å². The molecule has 4 rings (SSSR count). The molecule has 0 bridgehead atoms. The minimum Gasteiger partial charge on any atom is -0.470 e. The van der Waals surface area contributed by atoms with E-state index in [1.165, 1.54) is 5.69 Å². The van der Waals surface area contributed by atoms with Crippen LogP contribution in [0.25, 0.3) is 11.3 Å². The van der Waals surface area contributed by atoms with E-state index >= 15 is 0 Å². The monoisotopic (exact) mass is 419 g/mol. The van der Waals surface area contributed by atoms with Crippen LogP contribution in [0, 0.1) is 0 Å². The highest BCUT2D eigenvalue weighted by atomic mass is 16.5. The molecule has 3 aromatic rings. The summed E-state index contributed by atoms with van der Waals surface area (Å²) in [6.45, 7) is 5.69. The number of aromatic nitrogens is 3. The van der Waals surface area contributed by atoms with Gasteiger partial charge in [0.15, 0.2) is 5.82 Å². The maximum absolute atomic E-state index is 5.97. The predicted octanol–water partition coefficient (Wildman–Crippen LogP) is 2.81. The predicted molar refractivity (Wildman–Crippen MR) is 124 cm³/mol. The second-order valence-corrected chi connectivity index (χ2v) is 7.86. The van der Waals surface area contributed by atoms with Crippen molar-refractivity contribution in [3.8, 4) is 17.1 Å². The minimum atomic E-state index is 0.255. The van der Waals surface area contributed by atoms with Crippen molar-refractivity contribution in [3.05, 3.63) is 54.4 Å². The van der Waals surface area contributed by atoms with Gasteiger partial charge in [0.1, 0.15) is 12.4 Å². The number of anilines is 3. The largest absolute Gasteiger partial charge is 0.470 e. The number of benzene rings is 1. The van der Waals surface area contributed by atoms with Crippen molar-refractivity contribution in [1.82, 2.24) is 19.9 Å². The average molecular weight is 420 g/mol. The summed E-state index contributed by atoms with van der Waals surface area (Å²) >= 11 is 0. The van der Waals surface area contributed by atoms with E-state index < -0.39 is 0 Å². The summed E-state index contributed by atoms with van der Waals surface area (Å²) in [4.78, 5) is 17.7. The number of hydrogen-bond donors (Lipinski definition) is 2. The molecule has 0 amide bonds. The molecular weight excluding hydrogens is 390 g/mol. The lowest BCUT2D eigenvalue weighted by molar-refractivity contribution is 0.213. The number of rotatable bonds is 6. The normalized spacial score (nSPS) is 17.0. The van der Waals surface area contributed by atoms with Crippen LogP contribution < -0.4 is 21.1 Å². The number of pyridine rings is 1. The van der Waals surface area contributed by atoms with E-state index in [1.54, 1.807) is 18.5 Å². The van der Waals surface area contributed by atoms with E-state index in [0.29, 0.717) is 17.7 Å². The second-order valence-electron chi connectivity index (χ2n) is 7.86. The lowest BCUT2D eigenvalue weighted by Crippen LogP contribution is -2.51. The molecule has 1 unspecified atom stereocenters. The van der Waals surface area contributed by atoms with E-state index in [2.05, 4.69) is 63.0 Å². The van der Waals surface area contributed by atoms with Crippen molar-refractivity contribution >= 4 is 17.3 Å². The Morgan fingerprint density at radius 2 is 1.90 bits per heavy atom. The van der Waals surface area contributed by atoms with Crippen LogP contribution in [0.4, 0.5) is 17.3 Å². The molecule has 1 fully saturated rings. The van der Waals surface area contributed by atoms with Gasteiger partial charge >= 0.3 is 0 Å². The third-order valence-electron chi connectivity index (χ3n) is 5.76. The number of ether oxygens (including phenoxy) is 1. The van der Waals surface area contributed by atoms with Gasteiger partial charge in [-0.1, -0.05) is 19.1 Å². The molecule has 0 aliphatic carbocycles. The first-order valence-corrected chi connectivity index (χ1v) is 10.5. The Morgan fingerprint density at radius 1 is 1.10 bits per heavy atom. The molecule has 1 atom stereocenters. The molecular formula is C23H29N7O. The zero-order valence-electron chi connectivity index (χ0n) is 18.0. The summed E-state index contributed by atoms with van der Waals surface area (Å²) in [7, 11) is 2.21. The summed E-state index contributed by atoms with van der Waals surface area (Å²) in [6.07, 6.45) is 4.47. The molecule has 8 heteroatoms. The maximum Gasteiger partial charge on any atom is 0.258 e. The molecule has 0 saturated carbocycles. The van der Waals surface area contributed by atoms with E-state index in [4.69, 9.17) is 16.2 Å². The SMILES string of the molecule is CCC1CN(c2ccc(-c3cnc(N)c(OCc4ccnc(N)c4)n3)cc2)CCN1C. The molecule has 8 nitrogen and oxygen atoms in total. The maximum atomic E-state index is 5.97. The Kier molecular flexibility index (Phi) is 6.18. The first-order chi connectivity index (χ1) is 15.0. The van der Waals surface area contributed by atoms with E-state index in [-0.39, 0.29) is 12.4 Å². The first kappa shape index (κ1) is 20.9. The third-order valence-corrected chi connectivity index (χ3v) is 5.76. The fraction of sp³-hybridized carbons (Fsp3) is 0.348. The zero-order chi connectivity index (χ0) is 21.8. The van der Waals surface area contributed by atoms with Gasteiger partial charge in [-0.3, -0.25) is 4.90 Å². The molecule has 2 aromatic heterocycles. The van der Waals surface area contributed by atoms with Gasteiger partial charge in [0.05, 0.1) is 11.9 Å². The minimum absolute atomic E-state index is 0.255. The quantitative estimate of drug-likeness (QED) is 0.628. The van der Waals surface area contributed by atoms with Crippen molar-refractivity contribution in [1.29, 1.82) is 0 Å². The van der Waals surface area contributed by atoms with Crippen LogP contribution in [0.1, 0.15) is 18.9 Å². The van der Waals surface area contributed by atoms with Crippen molar-refractivity contribution in [2.24, 2.45) is 0 Å². The van der Waals surface area contributed by atoms with Crippen molar-refractivity contribution < 1.29 is 4.74 Å². The number of piperazine rings is 1. The Bertz CT molecular complexity index is 1020. The number of likely N-dealkylation sites (N-methyl/N-ethyl adjacent to an activating group) is 1. The van der Waals surface area contributed by atoms with E-state index in [0.717, 1.165) is 42.9 Å².